The van der Waals surface area contributed by atoms with Gasteiger partial charge in [-0.25, -0.2) is 5.26 Å². The fraction of sp³-hybridized carbons (Fsp3) is 0.500. The molecule has 6 nitrogen and oxygen atoms in total. The molecule has 1 aromatic rings. The first-order chi connectivity index (χ1) is 8.84. The molecule has 108 valence electrons. The van der Waals surface area contributed by atoms with Crippen LogP contribution in [0.4, 0.5) is 0 Å². The first kappa shape index (κ1) is 15.7. The van der Waals surface area contributed by atoms with Crippen LogP contribution in [0.5, 0.6) is 11.5 Å². The van der Waals surface area contributed by atoms with Crippen molar-refractivity contribution in [1.82, 2.24) is 0 Å². The van der Waals surface area contributed by atoms with Crippen molar-refractivity contribution in [2.45, 2.75) is 25.5 Å². The highest BCUT2D eigenvalue weighted by atomic mass is 32.2. The molecule has 0 unspecified atom stereocenters. The van der Waals surface area contributed by atoms with Crippen molar-refractivity contribution in [2.75, 3.05) is 14.2 Å². The minimum Gasteiger partial charge on any atom is -0.496 e. The number of rotatable bonds is 6. The number of hydrogen-bond acceptors (Lipinski definition) is 6. The molecule has 0 heterocycles. The third-order valence-corrected chi connectivity index (χ3v) is 3.55. The second-order valence-corrected chi connectivity index (χ2v) is 5.90. The lowest BCUT2D eigenvalue weighted by Gasteiger charge is -2.17. The van der Waals surface area contributed by atoms with Crippen molar-refractivity contribution in [2.24, 2.45) is 0 Å². The Morgan fingerprint density at radius 3 is 1.95 bits per heavy atom. The highest BCUT2D eigenvalue weighted by Crippen LogP contribution is 2.36. The fourth-order valence-electron chi connectivity index (χ4n) is 1.88. The van der Waals surface area contributed by atoms with Crippen molar-refractivity contribution >= 4 is 10.1 Å². The Morgan fingerprint density at radius 2 is 1.63 bits per heavy atom. The summed E-state index contributed by atoms with van der Waals surface area (Å²) < 4.78 is 36.4. The molecule has 19 heavy (non-hydrogen) atoms. The summed E-state index contributed by atoms with van der Waals surface area (Å²) in [5, 5.41) is 8.30. The lowest BCUT2D eigenvalue weighted by Crippen LogP contribution is -2.08. The average Bonchev–Trinajstić information content (AvgIpc) is 2.36. The maximum Gasteiger partial charge on any atom is 0.297 e. The predicted molar refractivity (Wildman–Crippen MR) is 70.0 cm³/mol. The van der Waals surface area contributed by atoms with E-state index in [2.05, 4.69) is 4.33 Å². The second kappa shape index (κ2) is 6.23. The van der Waals surface area contributed by atoms with Crippen molar-refractivity contribution in [3.8, 4) is 11.5 Å². The molecule has 0 saturated carbocycles. The molecule has 0 amide bonds. The molecular formula is C12H18O6S. The summed E-state index contributed by atoms with van der Waals surface area (Å²) in [6.07, 6.45) is 0. The van der Waals surface area contributed by atoms with E-state index >= 15 is 0 Å². The van der Waals surface area contributed by atoms with E-state index in [1.54, 1.807) is 12.1 Å². The van der Waals surface area contributed by atoms with Crippen LogP contribution in [-0.4, -0.2) is 27.9 Å². The Labute approximate surface area is 113 Å². The maximum absolute atomic E-state index is 11.2. The second-order valence-electron chi connectivity index (χ2n) is 4.35. The maximum atomic E-state index is 11.2. The Balaban J connectivity index is 3.31. The molecule has 0 aromatic heterocycles. The first-order valence-corrected chi connectivity index (χ1v) is 7.22. The molecule has 0 atom stereocenters. The van der Waals surface area contributed by atoms with Gasteiger partial charge in [0.1, 0.15) is 17.3 Å². The molecule has 0 spiro atoms. The fourth-order valence-corrected chi connectivity index (χ4v) is 2.50. The van der Waals surface area contributed by atoms with Gasteiger partial charge in [0.05, 0.1) is 14.2 Å². The molecule has 0 bridgehead atoms. The molecule has 1 rings (SSSR count). The van der Waals surface area contributed by atoms with E-state index in [-0.39, 0.29) is 5.92 Å². The highest BCUT2D eigenvalue weighted by molar-refractivity contribution is 7.85. The minimum absolute atomic E-state index is 0.157. The van der Waals surface area contributed by atoms with E-state index < -0.39 is 15.9 Å². The third-order valence-electron chi connectivity index (χ3n) is 2.64. The predicted octanol–water partition coefficient (Wildman–Crippen LogP) is 2.15. The zero-order valence-corrected chi connectivity index (χ0v) is 12.2. The molecule has 1 N–H and O–H groups in total. The Morgan fingerprint density at radius 1 is 1.16 bits per heavy atom. The van der Waals surface area contributed by atoms with E-state index in [0.29, 0.717) is 17.1 Å². The number of benzene rings is 1. The summed E-state index contributed by atoms with van der Waals surface area (Å²) in [6, 6.07) is 3.18. The third kappa shape index (κ3) is 3.82. The van der Waals surface area contributed by atoms with Gasteiger partial charge in [-0.2, -0.15) is 8.42 Å². The minimum atomic E-state index is -4.01. The van der Waals surface area contributed by atoms with Crippen LogP contribution >= 0.6 is 0 Å². The largest absolute Gasteiger partial charge is 0.496 e. The van der Waals surface area contributed by atoms with Crippen LogP contribution in [-0.2, 0) is 20.2 Å². The van der Waals surface area contributed by atoms with Crippen LogP contribution in [0, 0.1) is 0 Å². The quantitative estimate of drug-likeness (QED) is 0.638. The Bertz CT molecular complexity index is 510. The molecule has 0 saturated heterocycles. The van der Waals surface area contributed by atoms with Gasteiger partial charge in [0.25, 0.3) is 10.1 Å². The number of ether oxygens (including phenoxy) is 2. The van der Waals surface area contributed by atoms with Gasteiger partial charge in [-0.3, -0.25) is 0 Å². The standard InChI is InChI=1S/C12H18O6S/c1-8(2)12-10(16-3)5-9(6-11(12)17-4)7-19(14,15)18-13/h5-6,8,13H,7H2,1-4H3. The van der Waals surface area contributed by atoms with Crippen LogP contribution in [0.2, 0.25) is 0 Å². The van der Waals surface area contributed by atoms with Gasteiger partial charge in [0.15, 0.2) is 0 Å². The van der Waals surface area contributed by atoms with E-state index in [9.17, 15) is 8.42 Å². The number of methoxy groups -OCH3 is 2. The SMILES string of the molecule is COc1cc(CS(=O)(=O)OO)cc(OC)c1C(C)C. The zero-order valence-electron chi connectivity index (χ0n) is 11.3. The summed E-state index contributed by atoms with van der Waals surface area (Å²) >= 11 is 0. The van der Waals surface area contributed by atoms with Gasteiger partial charge < -0.3 is 9.47 Å². The van der Waals surface area contributed by atoms with Crippen molar-refractivity contribution in [3.05, 3.63) is 23.3 Å². The molecule has 0 radical (unpaired) electrons. The van der Waals surface area contributed by atoms with E-state index in [1.807, 2.05) is 13.8 Å². The van der Waals surface area contributed by atoms with Crippen LogP contribution in [0.3, 0.4) is 0 Å². The van der Waals surface area contributed by atoms with Gasteiger partial charge in [0.2, 0.25) is 0 Å². The topological polar surface area (TPSA) is 82.1 Å². The van der Waals surface area contributed by atoms with Crippen molar-refractivity contribution < 1.29 is 27.5 Å². The Kier molecular flexibility index (Phi) is 5.16. The van der Waals surface area contributed by atoms with Crippen molar-refractivity contribution in [1.29, 1.82) is 0 Å². The van der Waals surface area contributed by atoms with Crippen LogP contribution in [0.15, 0.2) is 12.1 Å². The summed E-state index contributed by atoms with van der Waals surface area (Å²) in [5.41, 5.74) is 1.27. The lowest BCUT2D eigenvalue weighted by atomic mass is 9.99. The summed E-state index contributed by atoms with van der Waals surface area (Å²) in [5.74, 6) is 0.772. The highest BCUT2D eigenvalue weighted by Gasteiger charge is 2.19. The van der Waals surface area contributed by atoms with Gasteiger partial charge >= 0.3 is 0 Å². The first-order valence-electron chi connectivity index (χ1n) is 5.65. The van der Waals surface area contributed by atoms with Crippen LogP contribution < -0.4 is 9.47 Å². The van der Waals surface area contributed by atoms with Gasteiger partial charge in [-0.15, -0.1) is 4.33 Å². The Hall–Kier alpha value is -1.31. The van der Waals surface area contributed by atoms with Crippen LogP contribution in [0.1, 0.15) is 30.9 Å². The zero-order chi connectivity index (χ0) is 14.6. The average molecular weight is 290 g/mol. The van der Waals surface area contributed by atoms with Crippen molar-refractivity contribution in [3.63, 3.8) is 0 Å². The van der Waals surface area contributed by atoms with Gasteiger partial charge in [-0.05, 0) is 23.6 Å². The smallest absolute Gasteiger partial charge is 0.297 e. The summed E-state index contributed by atoms with van der Waals surface area (Å²) in [6.45, 7) is 3.96. The molecule has 0 aliphatic rings. The molecular weight excluding hydrogens is 272 g/mol. The number of hydrogen-bond donors (Lipinski definition) is 1. The molecule has 7 heteroatoms. The molecule has 0 aliphatic carbocycles. The van der Waals surface area contributed by atoms with Crippen LogP contribution in [0.25, 0.3) is 0 Å². The normalized spacial score (nSPS) is 11.7. The van der Waals surface area contributed by atoms with E-state index in [0.717, 1.165) is 5.56 Å². The molecule has 1 aromatic carbocycles. The van der Waals surface area contributed by atoms with E-state index in [4.69, 9.17) is 14.7 Å². The lowest BCUT2D eigenvalue weighted by molar-refractivity contribution is -0.130. The van der Waals surface area contributed by atoms with Gasteiger partial charge in [-0.1, -0.05) is 13.8 Å². The molecule has 0 aliphatic heterocycles. The monoisotopic (exact) mass is 290 g/mol. The van der Waals surface area contributed by atoms with Gasteiger partial charge in [0, 0.05) is 5.56 Å². The summed E-state index contributed by atoms with van der Waals surface area (Å²) in [7, 11) is -1.01. The molecule has 0 fully saturated rings. The van der Waals surface area contributed by atoms with E-state index in [1.165, 1.54) is 14.2 Å². The summed E-state index contributed by atoms with van der Waals surface area (Å²) in [4.78, 5) is 0.